The highest BCUT2D eigenvalue weighted by atomic mass is 32.2. The predicted molar refractivity (Wildman–Crippen MR) is 94.2 cm³/mol. The zero-order chi connectivity index (χ0) is 18.0. The van der Waals surface area contributed by atoms with Gasteiger partial charge in [0, 0.05) is 11.8 Å². The summed E-state index contributed by atoms with van der Waals surface area (Å²) in [6.45, 7) is 1.60. The molecule has 8 heteroatoms. The molecule has 7 nitrogen and oxygen atoms in total. The van der Waals surface area contributed by atoms with E-state index in [0.29, 0.717) is 17.7 Å². The number of sulfone groups is 1. The first-order chi connectivity index (χ1) is 11.8. The lowest BCUT2D eigenvalue weighted by Crippen LogP contribution is -2.24. The second kappa shape index (κ2) is 6.79. The van der Waals surface area contributed by atoms with Crippen molar-refractivity contribution >= 4 is 32.4 Å². The summed E-state index contributed by atoms with van der Waals surface area (Å²) in [4.78, 5) is 24.0. The van der Waals surface area contributed by atoms with E-state index < -0.39 is 15.5 Å². The van der Waals surface area contributed by atoms with E-state index in [0.717, 1.165) is 5.39 Å². The molecule has 3 rings (SSSR count). The summed E-state index contributed by atoms with van der Waals surface area (Å²) in [5, 5.41) is 4.71. The Hall–Kier alpha value is -2.48. The molecule has 1 fully saturated rings. The Morgan fingerprint density at radius 1 is 1.36 bits per heavy atom. The van der Waals surface area contributed by atoms with Gasteiger partial charge in [-0.15, -0.1) is 0 Å². The van der Waals surface area contributed by atoms with Gasteiger partial charge in [0.25, 0.3) is 0 Å². The number of amides is 1. The van der Waals surface area contributed by atoms with Crippen LogP contribution in [0.15, 0.2) is 44.6 Å². The molecule has 1 saturated heterocycles. The van der Waals surface area contributed by atoms with Gasteiger partial charge in [-0.25, -0.2) is 18.6 Å². The fourth-order valence-corrected chi connectivity index (χ4v) is 4.72. The normalized spacial score (nSPS) is 19.9. The number of hydrazone groups is 1. The Morgan fingerprint density at radius 3 is 2.84 bits per heavy atom. The molecule has 132 valence electrons. The summed E-state index contributed by atoms with van der Waals surface area (Å²) in [6, 6.07) is 8.78. The minimum Gasteiger partial charge on any atom is -0.422 e. The molecule has 0 radical (unpaired) electrons. The third-order valence-corrected chi connectivity index (χ3v) is 6.02. The van der Waals surface area contributed by atoms with Crippen LogP contribution < -0.4 is 11.1 Å². The van der Waals surface area contributed by atoms with E-state index in [2.05, 4.69) is 10.5 Å². The summed E-state index contributed by atoms with van der Waals surface area (Å²) in [5.74, 6) is -0.374. The molecule has 1 atom stereocenters. The zero-order valence-electron chi connectivity index (χ0n) is 13.7. The molecular weight excluding hydrogens is 344 g/mol. The first-order valence-corrected chi connectivity index (χ1v) is 9.73. The molecule has 0 aliphatic carbocycles. The highest BCUT2D eigenvalue weighted by molar-refractivity contribution is 7.91. The summed E-state index contributed by atoms with van der Waals surface area (Å²) >= 11 is 0. The lowest BCUT2D eigenvalue weighted by molar-refractivity contribution is -0.121. The van der Waals surface area contributed by atoms with Gasteiger partial charge in [-0.1, -0.05) is 18.2 Å². The van der Waals surface area contributed by atoms with Crippen LogP contribution in [0.25, 0.3) is 11.0 Å². The van der Waals surface area contributed by atoms with Crippen molar-refractivity contribution in [3.63, 3.8) is 0 Å². The number of carbonyl (C=O) groups excluding carboxylic acids is 1. The van der Waals surface area contributed by atoms with Gasteiger partial charge in [-0.3, -0.25) is 4.79 Å². The molecule has 1 N–H and O–H groups in total. The van der Waals surface area contributed by atoms with E-state index in [9.17, 15) is 18.0 Å². The molecule has 2 heterocycles. The van der Waals surface area contributed by atoms with Crippen LogP contribution >= 0.6 is 0 Å². The fourth-order valence-electron chi connectivity index (χ4n) is 2.86. The van der Waals surface area contributed by atoms with Crippen molar-refractivity contribution in [1.29, 1.82) is 0 Å². The fraction of sp³-hybridized carbons (Fsp3) is 0.353. The van der Waals surface area contributed by atoms with E-state index in [1.165, 1.54) is 0 Å². The number of nitrogens with one attached hydrogen (secondary N) is 1. The minimum absolute atomic E-state index is 0.0391. The molecule has 2 aromatic rings. The Morgan fingerprint density at radius 2 is 2.12 bits per heavy atom. The van der Waals surface area contributed by atoms with Crippen molar-refractivity contribution in [1.82, 2.24) is 5.43 Å². The molecule has 1 aromatic carbocycles. The van der Waals surface area contributed by atoms with E-state index in [1.54, 1.807) is 25.1 Å². The maximum Gasteiger partial charge on any atom is 0.345 e. The molecule has 25 heavy (non-hydrogen) atoms. The van der Waals surface area contributed by atoms with Gasteiger partial charge in [-0.05, 0) is 31.4 Å². The van der Waals surface area contributed by atoms with Gasteiger partial charge in [0.05, 0.1) is 22.8 Å². The number of para-hydroxylation sites is 1. The third-order valence-electron chi connectivity index (χ3n) is 4.18. The van der Waals surface area contributed by atoms with Crippen LogP contribution in [0.5, 0.6) is 0 Å². The van der Waals surface area contributed by atoms with E-state index >= 15 is 0 Å². The van der Waals surface area contributed by atoms with Crippen molar-refractivity contribution in [3.05, 3.63) is 46.3 Å². The first kappa shape index (κ1) is 17.3. The average molecular weight is 362 g/mol. The standard InChI is InChI=1S/C17H18N2O5S/c1-11(14-9-13-4-2-3-5-15(13)24-17(14)21)18-19-16(20)8-12-6-7-25(22,23)10-12/h2-5,9,12H,6-8,10H2,1H3,(H,19,20)/b18-11-/t12-/m1/s1. The maximum atomic E-state index is 12.0. The van der Waals surface area contributed by atoms with Crippen molar-refractivity contribution in [2.24, 2.45) is 11.0 Å². The van der Waals surface area contributed by atoms with Gasteiger partial charge in [0.1, 0.15) is 5.58 Å². The average Bonchev–Trinajstić information content (AvgIpc) is 2.90. The number of nitrogens with zero attached hydrogens (tertiary/aromatic N) is 1. The highest BCUT2D eigenvalue weighted by Gasteiger charge is 2.29. The van der Waals surface area contributed by atoms with Crippen LogP contribution in [0.4, 0.5) is 0 Å². The van der Waals surface area contributed by atoms with Crippen molar-refractivity contribution in [3.8, 4) is 0 Å². The van der Waals surface area contributed by atoms with Gasteiger partial charge in [0.15, 0.2) is 9.84 Å². The van der Waals surface area contributed by atoms with Crippen LogP contribution in [-0.4, -0.2) is 31.5 Å². The summed E-state index contributed by atoms with van der Waals surface area (Å²) < 4.78 is 28.1. The first-order valence-electron chi connectivity index (χ1n) is 7.91. The number of hydrogen-bond donors (Lipinski definition) is 1. The smallest absolute Gasteiger partial charge is 0.345 e. The van der Waals surface area contributed by atoms with Crippen LogP contribution in [-0.2, 0) is 14.6 Å². The topological polar surface area (TPSA) is 106 Å². The molecule has 0 unspecified atom stereocenters. The van der Waals surface area contributed by atoms with E-state index in [4.69, 9.17) is 4.42 Å². The van der Waals surface area contributed by atoms with Gasteiger partial charge in [0.2, 0.25) is 5.91 Å². The molecule has 0 spiro atoms. The van der Waals surface area contributed by atoms with Crippen LogP contribution in [0.3, 0.4) is 0 Å². The number of carbonyl (C=O) groups is 1. The Labute approximate surface area is 144 Å². The molecule has 1 aliphatic heterocycles. The molecule has 0 saturated carbocycles. The minimum atomic E-state index is -3.01. The number of benzene rings is 1. The van der Waals surface area contributed by atoms with Crippen molar-refractivity contribution in [2.75, 3.05) is 11.5 Å². The predicted octanol–water partition coefficient (Wildman–Crippen LogP) is 1.46. The van der Waals surface area contributed by atoms with Gasteiger partial charge < -0.3 is 4.42 Å². The number of rotatable bonds is 4. The largest absolute Gasteiger partial charge is 0.422 e. The molecule has 0 bridgehead atoms. The van der Waals surface area contributed by atoms with Crippen molar-refractivity contribution in [2.45, 2.75) is 19.8 Å². The summed E-state index contributed by atoms with van der Waals surface area (Å²) in [7, 11) is -3.01. The monoisotopic (exact) mass is 362 g/mol. The van der Waals surface area contributed by atoms with Crippen LogP contribution in [0, 0.1) is 5.92 Å². The molecule has 1 aromatic heterocycles. The summed E-state index contributed by atoms with van der Waals surface area (Å²) in [5.41, 5.74) is 2.93. The zero-order valence-corrected chi connectivity index (χ0v) is 14.5. The molecular formula is C17H18N2O5S. The second-order valence-corrected chi connectivity index (χ2v) is 8.42. The number of hydrogen-bond acceptors (Lipinski definition) is 6. The lowest BCUT2D eigenvalue weighted by atomic mass is 10.1. The van der Waals surface area contributed by atoms with Crippen LogP contribution in [0.1, 0.15) is 25.3 Å². The Bertz CT molecular complexity index is 1010. The van der Waals surface area contributed by atoms with Crippen LogP contribution in [0.2, 0.25) is 0 Å². The summed E-state index contributed by atoms with van der Waals surface area (Å²) in [6.07, 6.45) is 0.592. The number of fused-ring (bicyclic) bond motifs is 1. The molecule has 1 aliphatic rings. The van der Waals surface area contributed by atoms with Crippen molar-refractivity contribution < 1.29 is 17.6 Å². The van der Waals surface area contributed by atoms with Gasteiger partial charge >= 0.3 is 5.63 Å². The Kier molecular flexibility index (Phi) is 4.71. The maximum absolute atomic E-state index is 12.0. The molecule has 1 amide bonds. The SMILES string of the molecule is C/C(=N/NC(=O)C[C@H]1CCS(=O)(=O)C1)c1cc2ccccc2oc1=O. The quantitative estimate of drug-likeness (QED) is 0.503. The van der Waals surface area contributed by atoms with E-state index in [-0.39, 0.29) is 35.3 Å². The third kappa shape index (κ3) is 4.14. The highest BCUT2D eigenvalue weighted by Crippen LogP contribution is 2.21. The second-order valence-electron chi connectivity index (χ2n) is 6.19. The Balaban J connectivity index is 1.70. The van der Waals surface area contributed by atoms with E-state index in [1.807, 2.05) is 12.1 Å². The van der Waals surface area contributed by atoms with Gasteiger partial charge in [-0.2, -0.15) is 5.10 Å². The lowest BCUT2D eigenvalue weighted by Gasteiger charge is -2.06.